The fourth-order valence-electron chi connectivity index (χ4n) is 1.77. The normalized spacial score (nSPS) is 11.1. The summed E-state index contributed by atoms with van der Waals surface area (Å²) in [4.78, 5) is 0. The molecular weight excluding hydrogens is 202 g/mol. The molecule has 0 atom stereocenters. The zero-order chi connectivity index (χ0) is 12.0. The summed E-state index contributed by atoms with van der Waals surface area (Å²) in [7, 11) is 3.29. The summed E-state index contributed by atoms with van der Waals surface area (Å²) in [5.74, 6) is 0. The maximum Gasteiger partial charge on any atom is 0.169 e. The van der Waals surface area contributed by atoms with E-state index in [0.29, 0.717) is 6.54 Å². The molecule has 0 fully saturated rings. The summed E-state index contributed by atoms with van der Waals surface area (Å²) in [6, 6.07) is 6.56. The largest absolute Gasteiger partial charge is 0.355 e. The SMILES string of the molecule is COC(CNCc1cc(C)cc(C)c1)OC. The molecule has 0 aliphatic heterocycles. The summed E-state index contributed by atoms with van der Waals surface area (Å²) in [6.07, 6.45) is -0.175. The van der Waals surface area contributed by atoms with Crippen molar-refractivity contribution in [3.05, 3.63) is 34.9 Å². The Bertz CT molecular complexity index is 301. The lowest BCUT2D eigenvalue weighted by molar-refractivity contribution is -0.0989. The van der Waals surface area contributed by atoms with Crippen molar-refractivity contribution in [1.82, 2.24) is 5.32 Å². The van der Waals surface area contributed by atoms with Crippen LogP contribution in [0.5, 0.6) is 0 Å². The molecular formula is C13H21NO2. The van der Waals surface area contributed by atoms with Crippen LogP contribution in [-0.2, 0) is 16.0 Å². The number of hydrogen-bond donors (Lipinski definition) is 1. The van der Waals surface area contributed by atoms with Gasteiger partial charge in [0.25, 0.3) is 0 Å². The zero-order valence-corrected chi connectivity index (χ0v) is 10.5. The second-order valence-corrected chi connectivity index (χ2v) is 4.03. The molecule has 0 radical (unpaired) electrons. The number of rotatable bonds is 6. The highest BCUT2D eigenvalue weighted by Gasteiger charge is 2.03. The second kappa shape index (κ2) is 6.63. The molecule has 0 heterocycles. The van der Waals surface area contributed by atoms with Gasteiger partial charge in [-0.05, 0) is 19.4 Å². The minimum atomic E-state index is -0.175. The average molecular weight is 223 g/mol. The first-order valence-corrected chi connectivity index (χ1v) is 5.49. The summed E-state index contributed by atoms with van der Waals surface area (Å²) in [5, 5.41) is 3.31. The van der Waals surface area contributed by atoms with Crippen LogP contribution in [0.15, 0.2) is 18.2 Å². The van der Waals surface area contributed by atoms with E-state index in [9.17, 15) is 0 Å². The lowest BCUT2D eigenvalue weighted by Crippen LogP contribution is -2.29. The number of nitrogens with one attached hydrogen (secondary N) is 1. The van der Waals surface area contributed by atoms with Crippen LogP contribution in [-0.4, -0.2) is 27.1 Å². The highest BCUT2D eigenvalue weighted by atomic mass is 16.7. The average Bonchev–Trinajstić information content (AvgIpc) is 2.23. The third-order valence-corrected chi connectivity index (χ3v) is 2.45. The molecule has 1 aromatic carbocycles. The molecule has 0 saturated heterocycles. The Hall–Kier alpha value is -0.900. The highest BCUT2D eigenvalue weighted by Crippen LogP contribution is 2.08. The van der Waals surface area contributed by atoms with Crippen molar-refractivity contribution in [1.29, 1.82) is 0 Å². The van der Waals surface area contributed by atoms with Crippen molar-refractivity contribution in [2.75, 3.05) is 20.8 Å². The van der Waals surface area contributed by atoms with Gasteiger partial charge < -0.3 is 14.8 Å². The van der Waals surface area contributed by atoms with Crippen LogP contribution in [0.2, 0.25) is 0 Å². The first kappa shape index (κ1) is 13.2. The van der Waals surface area contributed by atoms with Crippen LogP contribution in [0, 0.1) is 13.8 Å². The molecule has 0 bridgehead atoms. The highest BCUT2D eigenvalue weighted by molar-refractivity contribution is 5.28. The lowest BCUT2D eigenvalue weighted by atomic mass is 10.1. The predicted octanol–water partition coefficient (Wildman–Crippen LogP) is 2.01. The monoisotopic (exact) mass is 223 g/mol. The second-order valence-electron chi connectivity index (χ2n) is 4.03. The van der Waals surface area contributed by atoms with E-state index in [1.165, 1.54) is 16.7 Å². The van der Waals surface area contributed by atoms with Crippen molar-refractivity contribution >= 4 is 0 Å². The molecule has 0 spiro atoms. The van der Waals surface area contributed by atoms with Gasteiger partial charge in [0.2, 0.25) is 0 Å². The molecule has 1 rings (SSSR count). The Morgan fingerprint density at radius 2 is 1.62 bits per heavy atom. The summed E-state index contributed by atoms with van der Waals surface area (Å²) in [6.45, 7) is 5.76. The molecule has 0 saturated carbocycles. The van der Waals surface area contributed by atoms with Gasteiger partial charge in [-0.3, -0.25) is 0 Å². The van der Waals surface area contributed by atoms with E-state index in [1.54, 1.807) is 14.2 Å². The van der Waals surface area contributed by atoms with Gasteiger partial charge in [0.1, 0.15) is 0 Å². The molecule has 3 heteroatoms. The molecule has 0 unspecified atom stereocenters. The van der Waals surface area contributed by atoms with Crippen molar-refractivity contribution in [3.63, 3.8) is 0 Å². The number of hydrogen-bond acceptors (Lipinski definition) is 3. The quantitative estimate of drug-likeness (QED) is 0.748. The van der Waals surface area contributed by atoms with Crippen molar-refractivity contribution in [3.8, 4) is 0 Å². The van der Waals surface area contributed by atoms with Crippen LogP contribution < -0.4 is 5.32 Å². The molecule has 0 aliphatic carbocycles. The van der Waals surface area contributed by atoms with E-state index in [1.807, 2.05) is 0 Å². The van der Waals surface area contributed by atoms with Crippen molar-refractivity contribution in [2.45, 2.75) is 26.7 Å². The summed E-state index contributed by atoms with van der Waals surface area (Å²) < 4.78 is 10.2. The molecule has 1 aromatic rings. The number of ether oxygens (including phenoxy) is 2. The Balaban J connectivity index is 2.42. The minimum Gasteiger partial charge on any atom is -0.355 e. The van der Waals surface area contributed by atoms with E-state index in [4.69, 9.17) is 9.47 Å². The Kier molecular flexibility index (Phi) is 5.46. The smallest absolute Gasteiger partial charge is 0.169 e. The van der Waals surface area contributed by atoms with Gasteiger partial charge >= 0.3 is 0 Å². The molecule has 0 amide bonds. The number of benzene rings is 1. The molecule has 90 valence electrons. The van der Waals surface area contributed by atoms with E-state index < -0.39 is 0 Å². The first-order valence-electron chi connectivity index (χ1n) is 5.49. The predicted molar refractivity (Wildman–Crippen MR) is 65.4 cm³/mol. The molecule has 3 nitrogen and oxygen atoms in total. The minimum absolute atomic E-state index is 0.175. The van der Waals surface area contributed by atoms with Crippen molar-refractivity contribution in [2.24, 2.45) is 0 Å². The van der Waals surface area contributed by atoms with E-state index >= 15 is 0 Å². The van der Waals surface area contributed by atoms with Gasteiger partial charge in [0.05, 0.1) is 0 Å². The first-order chi connectivity index (χ1) is 7.65. The van der Waals surface area contributed by atoms with E-state index in [0.717, 1.165) is 6.54 Å². The van der Waals surface area contributed by atoms with Crippen LogP contribution >= 0.6 is 0 Å². The van der Waals surface area contributed by atoms with Gasteiger partial charge in [-0.1, -0.05) is 29.3 Å². The van der Waals surface area contributed by atoms with Gasteiger partial charge in [0.15, 0.2) is 6.29 Å². The van der Waals surface area contributed by atoms with E-state index in [-0.39, 0.29) is 6.29 Å². The molecule has 0 aliphatic rings. The van der Waals surface area contributed by atoms with Crippen LogP contribution in [0.3, 0.4) is 0 Å². The fourth-order valence-corrected chi connectivity index (χ4v) is 1.77. The topological polar surface area (TPSA) is 30.5 Å². The lowest BCUT2D eigenvalue weighted by Gasteiger charge is -2.14. The molecule has 0 aromatic heterocycles. The molecule has 1 N–H and O–H groups in total. The maximum atomic E-state index is 5.10. The van der Waals surface area contributed by atoms with Gasteiger partial charge in [0, 0.05) is 27.3 Å². The van der Waals surface area contributed by atoms with Crippen LogP contribution in [0.25, 0.3) is 0 Å². The van der Waals surface area contributed by atoms with Gasteiger partial charge in [-0.15, -0.1) is 0 Å². The standard InChI is InChI=1S/C13H21NO2/c1-10-5-11(2)7-12(6-10)8-14-9-13(15-3)16-4/h5-7,13-14H,8-9H2,1-4H3. The zero-order valence-electron chi connectivity index (χ0n) is 10.5. The maximum absolute atomic E-state index is 5.10. The van der Waals surface area contributed by atoms with E-state index in [2.05, 4.69) is 37.4 Å². The summed E-state index contributed by atoms with van der Waals surface area (Å²) in [5.41, 5.74) is 3.89. The fraction of sp³-hybridized carbons (Fsp3) is 0.538. The Morgan fingerprint density at radius 1 is 1.06 bits per heavy atom. The van der Waals surface area contributed by atoms with Gasteiger partial charge in [-0.25, -0.2) is 0 Å². The molecule has 16 heavy (non-hydrogen) atoms. The number of aryl methyl sites for hydroxylation is 2. The third-order valence-electron chi connectivity index (χ3n) is 2.45. The Morgan fingerprint density at radius 3 is 2.12 bits per heavy atom. The summed E-state index contributed by atoms with van der Waals surface area (Å²) >= 11 is 0. The van der Waals surface area contributed by atoms with Crippen LogP contribution in [0.1, 0.15) is 16.7 Å². The Labute approximate surface area is 97.8 Å². The van der Waals surface area contributed by atoms with Crippen molar-refractivity contribution < 1.29 is 9.47 Å². The van der Waals surface area contributed by atoms with Crippen LogP contribution in [0.4, 0.5) is 0 Å². The third kappa shape index (κ3) is 4.31. The number of methoxy groups -OCH3 is 2. The van der Waals surface area contributed by atoms with Gasteiger partial charge in [-0.2, -0.15) is 0 Å².